The number of aromatic nitrogens is 3. The molecule has 4 heteroatoms. The van der Waals surface area contributed by atoms with Crippen molar-refractivity contribution in [2.45, 2.75) is 12.8 Å². The van der Waals surface area contributed by atoms with Crippen molar-refractivity contribution in [1.82, 2.24) is 14.8 Å². The minimum Gasteiger partial charge on any atom is -0.497 e. The Hall–Kier alpha value is -2.10. The van der Waals surface area contributed by atoms with Gasteiger partial charge in [-0.15, -0.1) is 0 Å². The standard InChI is InChI=1S/C13H13N3O/c1-17-13-5-3-10-2-4-12(6-11(10)7-13)16-9-14-8-15-16/h3,5-9H,2,4H2,1H3. The Labute approximate surface area is 99.6 Å². The van der Waals surface area contributed by atoms with Gasteiger partial charge in [-0.1, -0.05) is 6.07 Å². The van der Waals surface area contributed by atoms with E-state index in [1.54, 1.807) is 19.8 Å². The van der Waals surface area contributed by atoms with E-state index in [4.69, 9.17) is 4.74 Å². The first-order valence-electron chi connectivity index (χ1n) is 5.59. The van der Waals surface area contributed by atoms with Gasteiger partial charge < -0.3 is 4.74 Å². The third-order valence-electron chi connectivity index (χ3n) is 3.04. The lowest BCUT2D eigenvalue weighted by molar-refractivity contribution is 0.414. The monoisotopic (exact) mass is 227 g/mol. The summed E-state index contributed by atoms with van der Waals surface area (Å²) >= 11 is 0. The van der Waals surface area contributed by atoms with Crippen LogP contribution in [0.1, 0.15) is 17.5 Å². The van der Waals surface area contributed by atoms with Crippen LogP contribution in [0.4, 0.5) is 0 Å². The second-order valence-electron chi connectivity index (χ2n) is 4.04. The summed E-state index contributed by atoms with van der Waals surface area (Å²) in [5.41, 5.74) is 3.74. The minimum atomic E-state index is 0.889. The molecule has 0 radical (unpaired) electrons. The molecule has 0 bridgehead atoms. The molecule has 0 saturated heterocycles. The highest BCUT2D eigenvalue weighted by molar-refractivity contribution is 5.75. The first-order chi connectivity index (χ1) is 8.36. The van der Waals surface area contributed by atoms with Gasteiger partial charge in [-0.05, 0) is 42.2 Å². The maximum Gasteiger partial charge on any atom is 0.138 e. The van der Waals surface area contributed by atoms with Gasteiger partial charge in [0, 0.05) is 5.70 Å². The number of methoxy groups -OCH3 is 1. The zero-order valence-electron chi connectivity index (χ0n) is 9.63. The van der Waals surface area contributed by atoms with Gasteiger partial charge in [-0.25, -0.2) is 9.67 Å². The van der Waals surface area contributed by atoms with Gasteiger partial charge in [0.2, 0.25) is 0 Å². The maximum absolute atomic E-state index is 5.24. The van der Waals surface area contributed by atoms with Crippen molar-refractivity contribution >= 4 is 11.8 Å². The predicted octanol–water partition coefficient (Wildman–Crippen LogP) is 2.23. The van der Waals surface area contributed by atoms with E-state index in [0.717, 1.165) is 18.6 Å². The highest BCUT2D eigenvalue weighted by Crippen LogP contribution is 2.28. The number of benzene rings is 1. The molecule has 0 N–H and O–H groups in total. The van der Waals surface area contributed by atoms with Crippen LogP contribution in [0.25, 0.3) is 11.8 Å². The molecule has 1 aliphatic carbocycles. The molecule has 0 fully saturated rings. The van der Waals surface area contributed by atoms with Gasteiger partial charge in [0.25, 0.3) is 0 Å². The highest BCUT2D eigenvalue weighted by atomic mass is 16.5. The van der Waals surface area contributed by atoms with Crippen LogP contribution >= 0.6 is 0 Å². The average molecular weight is 227 g/mol. The van der Waals surface area contributed by atoms with Crippen molar-refractivity contribution < 1.29 is 4.74 Å². The van der Waals surface area contributed by atoms with Crippen LogP contribution in [-0.2, 0) is 6.42 Å². The van der Waals surface area contributed by atoms with E-state index in [2.05, 4.69) is 28.3 Å². The molecule has 2 aromatic rings. The molecule has 3 rings (SSSR count). The number of ether oxygens (including phenoxy) is 1. The first kappa shape index (κ1) is 10.1. The zero-order chi connectivity index (χ0) is 11.7. The summed E-state index contributed by atoms with van der Waals surface area (Å²) < 4.78 is 7.06. The Morgan fingerprint density at radius 2 is 2.24 bits per heavy atom. The van der Waals surface area contributed by atoms with Gasteiger partial charge in [0.1, 0.15) is 18.4 Å². The maximum atomic E-state index is 5.24. The van der Waals surface area contributed by atoms with Crippen molar-refractivity contribution in [2.24, 2.45) is 0 Å². The molecular weight excluding hydrogens is 214 g/mol. The van der Waals surface area contributed by atoms with E-state index in [0.29, 0.717) is 0 Å². The van der Waals surface area contributed by atoms with Gasteiger partial charge >= 0.3 is 0 Å². The fourth-order valence-corrected chi connectivity index (χ4v) is 2.11. The number of rotatable bonds is 2. The third-order valence-corrected chi connectivity index (χ3v) is 3.04. The predicted molar refractivity (Wildman–Crippen MR) is 65.5 cm³/mol. The summed E-state index contributed by atoms with van der Waals surface area (Å²) in [5.74, 6) is 0.889. The summed E-state index contributed by atoms with van der Waals surface area (Å²) in [6, 6.07) is 6.20. The Morgan fingerprint density at radius 1 is 1.29 bits per heavy atom. The zero-order valence-corrected chi connectivity index (χ0v) is 9.63. The van der Waals surface area contributed by atoms with Gasteiger partial charge in [0.15, 0.2) is 0 Å². The Balaban J connectivity index is 2.03. The normalized spacial score (nSPS) is 14.1. The Bertz CT molecular complexity index is 558. The van der Waals surface area contributed by atoms with Gasteiger partial charge in [0.05, 0.1) is 7.11 Å². The van der Waals surface area contributed by atoms with Crippen LogP contribution in [-0.4, -0.2) is 21.9 Å². The molecule has 1 aromatic heterocycles. The van der Waals surface area contributed by atoms with Crippen LogP contribution < -0.4 is 4.74 Å². The molecule has 0 saturated carbocycles. The molecular formula is C13H13N3O. The van der Waals surface area contributed by atoms with Gasteiger partial charge in [-0.2, -0.15) is 5.10 Å². The number of hydrogen-bond acceptors (Lipinski definition) is 3. The van der Waals surface area contributed by atoms with Crippen molar-refractivity contribution in [3.63, 3.8) is 0 Å². The Kier molecular flexibility index (Phi) is 2.40. The number of nitrogens with zero attached hydrogens (tertiary/aromatic N) is 3. The number of hydrogen-bond donors (Lipinski definition) is 0. The molecule has 0 amide bonds. The van der Waals surface area contributed by atoms with Crippen LogP contribution in [0.3, 0.4) is 0 Å². The molecule has 4 nitrogen and oxygen atoms in total. The molecule has 1 aliphatic rings. The summed E-state index contributed by atoms with van der Waals surface area (Å²) in [5, 5.41) is 4.16. The van der Waals surface area contributed by atoms with Crippen molar-refractivity contribution in [1.29, 1.82) is 0 Å². The van der Waals surface area contributed by atoms with E-state index < -0.39 is 0 Å². The first-order valence-corrected chi connectivity index (χ1v) is 5.59. The lowest BCUT2D eigenvalue weighted by atomic mass is 9.95. The largest absolute Gasteiger partial charge is 0.497 e. The molecule has 86 valence electrons. The molecule has 17 heavy (non-hydrogen) atoms. The van der Waals surface area contributed by atoms with Crippen molar-refractivity contribution in [2.75, 3.05) is 7.11 Å². The number of allylic oxidation sites excluding steroid dienone is 1. The molecule has 1 aromatic carbocycles. The smallest absolute Gasteiger partial charge is 0.138 e. The van der Waals surface area contributed by atoms with Crippen LogP contribution in [0.5, 0.6) is 5.75 Å². The van der Waals surface area contributed by atoms with E-state index in [9.17, 15) is 0 Å². The fraction of sp³-hybridized carbons (Fsp3) is 0.231. The van der Waals surface area contributed by atoms with Crippen molar-refractivity contribution in [3.05, 3.63) is 42.0 Å². The quantitative estimate of drug-likeness (QED) is 0.789. The summed E-state index contributed by atoms with van der Waals surface area (Å²) in [6.07, 6.45) is 7.46. The van der Waals surface area contributed by atoms with Crippen LogP contribution in [0, 0.1) is 0 Å². The van der Waals surface area contributed by atoms with Crippen LogP contribution in [0.15, 0.2) is 30.9 Å². The molecule has 1 heterocycles. The molecule has 0 spiro atoms. The van der Waals surface area contributed by atoms with E-state index in [1.807, 2.05) is 10.7 Å². The van der Waals surface area contributed by atoms with Crippen molar-refractivity contribution in [3.8, 4) is 5.75 Å². The average Bonchev–Trinajstić information content (AvgIpc) is 2.91. The molecule has 0 aliphatic heterocycles. The highest BCUT2D eigenvalue weighted by Gasteiger charge is 2.12. The summed E-state index contributed by atoms with van der Waals surface area (Å²) in [6.45, 7) is 0. The fourth-order valence-electron chi connectivity index (χ4n) is 2.11. The summed E-state index contributed by atoms with van der Waals surface area (Å²) in [7, 11) is 1.69. The van der Waals surface area contributed by atoms with Gasteiger partial charge in [-0.3, -0.25) is 0 Å². The van der Waals surface area contributed by atoms with E-state index in [1.165, 1.54) is 16.8 Å². The molecule has 0 unspecified atom stereocenters. The van der Waals surface area contributed by atoms with Crippen LogP contribution in [0.2, 0.25) is 0 Å². The lowest BCUT2D eigenvalue weighted by Crippen LogP contribution is -2.05. The minimum absolute atomic E-state index is 0.889. The van der Waals surface area contributed by atoms with E-state index >= 15 is 0 Å². The van der Waals surface area contributed by atoms with E-state index in [-0.39, 0.29) is 0 Å². The third kappa shape index (κ3) is 1.82. The lowest BCUT2D eigenvalue weighted by Gasteiger charge is -2.16. The second-order valence-corrected chi connectivity index (χ2v) is 4.04. The summed E-state index contributed by atoms with van der Waals surface area (Å²) in [4.78, 5) is 3.97. The number of aryl methyl sites for hydroxylation is 1. The Morgan fingerprint density at radius 3 is 3.00 bits per heavy atom. The second kappa shape index (κ2) is 4.05. The SMILES string of the molecule is COc1ccc2c(c1)C=C(n1cncn1)CC2. The molecule has 0 atom stereocenters. The topological polar surface area (TPSA) is 39.9 Å². The number of fused-ring (bicyclic) bond motifs is 1.